The van der Waals surface area contributed by atoms with Crippen LogP contribution in [0, 0.1) is 0 Å². The third-order valence-electron chi connectivity index (χ3n) is 2.79. The summed E-state index contributed by atoms with van der Waals surface area (Å²) < 4.78 is 0. The van der Waals surface area contributed by atoms with Gasteiger partial charge in [0.2, 0.25) is 0 Å². The van der Waals surface area contributed by atoms with Crippen LogP contribution in [0.5, 0.6) is 0 Å². The summed E-state index contributed by atoms with van der Waals surface area (Å²) in [6.45, 7) is 0.237. The summed E-state index contributed by atoms with van der Waals surface area (Å²) in [5.74, 6) is 0. The van der Waals surface area contributed by atoms with Gasteiger partial charge in [-0.05, 0) is 0 Å². The van der Waals surface area contributed by atoms with Crippen molar-refractivity contribution >= 4 is 5.71 Å². The molecule has 2 aromatic carbocycles. The number of rotatable bonds is 6. The zero-order valence-corrected chi connectivity index (χ0v) is 11.1. The van der Waals surface area contributed by atoms with E-state index >= 15 is 0 Å². The quantitative estimate of drug-likeness (QED) is 0.621. The molecule has 0 spiro atoms. The van der Waals surface area contributed by atoms with Crippen molar-refractivity contribution < 1.29 is 9.94 Å². The summed E-state index contributed by atoms with van der Waals surface area (Å²) in [7, 11) is 0. The number of nitrogens with two attached hydrogens (primary N) is 1. The average molecular weight is 270 g/mol. The van der Waals surface area contributed by atoms with Gasteiger partial charge in [-0.3, -0.25) is 0 Å². The fourth-order valence-electron chi connectivity index (χ4n) is 1.72. The van der Waals surface area contributed by atoms with Gasteiger partial charge in [-0.2, -0.15) is 0 Å². The van der Waals surface area contributed by atoms with Crippen molar-refractivity contribution in [2.24, 2.45) is 10.9 Å². The van der Waals surface area contributed by atoms with Gasteiger partial charge in [0.15, 0.2) is 0 Å². The molecule has 0 heterocycles. The van der Waals surface area contributed by atoms with E-state index < -0.39 is 6.10 Å². The molecule has 0 saturated heterocycles. The summed E-state index contributed by atoms with van der Waals surface area (Å²) in [5, 5.41) is 13.5. The second-order valence-electron chi connectivity index (χ2n) is 4.36. The zero-order chi connectivity index (χ0) is 14.2. The molecule has 0 aliphatic carbocycles. The second kappa shape index (κ2) is 7.43. The van der Waals surface area contributed by atoms with Gasteiger partial charge in [-0.15, -0.1) is 0 Å². The molecule has 0 radical (unpaired) electrons. The third kappa shape index (κ3) is 3.91. The van der Waals surface area contributed by atoms with Crippen LogP contribution in [-0.4, -0.2) is 30.1 Å². The van der Waals surface area contributed by atoms with Crippen molar-refractivity contribution in [3.63, 3.8) is 0 Å². The fourth-order valence-corrected chi connectivity index (χ4v) is 1.72. The molecule has 20 heavy (non-hydrogen) atoms. The van der Waals surface area contributed by atoms with E-state index in [9.17, 15) is 5.11 Å². The molecule has 1 unspecified atom stereocenters. The van der Waals surface area contributed by atoms with E-state index in [1.54, 1.807) is 0 Å². The zero-order valence-electron chi connectivity index (χ0n) is 11.1. The first kappa shape index (κ1) is 14.2. The number of benzene rings is 2. The lowest BCUT2D eigenvalue weighted by Gasteiger charge is -2.09. The number of aliphatic hydroxyl groups excluding tert-OH is 1. The molecular weight excluding hydrogens is 252 g/mol. The molecule has 4 heteroatoms. The van der Waals surface area contributed by atoms with E-state index in [0.717, 1.165) is 16.8 Å². The number of hydrogen-bond donors (Lipinski definition) is 2. The Morgan fingerprint density at radius 1 is 1.00 bits per heavy atom. The van der Waals surface area contributed by atoms with Gasteiger partial charge in [0.1, 0.15) is 18.4 Å². The number of oxime groups is 1. The molecule has 0 saturated carbocycles. The number of nitrogens with zero attached hydrogens (tertiary/aromatic N) is 1. The van der Waals surface area contributed by atoms with Gasteiger partial charge in [-0.25, -0.2) is 0 Å². The minimum Gasteiger partial charge on any atom is -0.392 e. The molecule has 0 aliphatic rings. The van der Waals surface area contributed by atoms with E-state index in [0.29, 0.717) is 0 Å². The molecule has 4 nitrogen and oxygen atoms in total. The molecule has 3 N–H and O–H groups in total. The predicted molar refractivity (Wildman–Crippen MR) is 79.5 cm³/mol. The Hall–Kier alpha value is -2.17. The Kier molecular flexibility index (Phi) is 5.29. The summed E-state index contributed by atoms with van der Waals surface area (Å²) in [6, 6.07) is 19.6. The lowest BCUT2D eigenvalue weighted by atomic mass is 10.0. The first-order valence-corrected chi connectivity index (χ1v) is 6.50. The SMILES string of the molecule is NCC(O)CON=C(c1ccccc1)c1ccccc1. The maximum absolute atomic E-state index is 9.39. The number of hydrogen-bond acceptors (Lipinski definition) is 4. The van der Waals surface area contributed by atoms with Crippen molar-refractivity contribution in [2.75, 3.05) is 13.2 Å². The van der Waals surface area contributed by atoms with Crippen LogP contribution in [0.3, 0.4) is 0 Å². The van der Waals surface area contributed by atoms with E-state index in [2.05, 4.69) is 5.16 Å². The van der Waals surface area contributed by atoms with Gasteiger partial charge < -0.3 is 15.7 Å². The molecule has 0 aliphatic heterocycles. The Balaban J connectivity index is 2.24. The van der Waals surface area contributed by atoms with Crippen LogP contribution in [0.25, 0.3) is 0 Å². The molecule has 0 aromatic heterocycles. The van der Waals surface area contributed by atoms with Crippen molar-refractivity contribution in [2.45, 2.75) is 6.10 Å². The van der Waals surface area contributed by atoms with Crippen molar-refractivity contribution in [1.82, 2.24) is 0 Å². The monoisotopic (exact) mass is 270 g/mol. The van der Waals surface area contributed by atoms with Crippen molar-refractivity contribution in [3.05, 3.63) is 71.8 Å². The van der Waals surface area contributed by atoms with E-state index in [1.807, 2.05) is 60.7 Å². The van der Waals surface area contributed by atoms with Crippen LogP contribution >= 0.6 is 0 Å². The van der Waals surface area contributed by atoms with Gasteiger partial charge >= 0.3 is 0 Å². The standard InChI is InChI=1S/C16H18N2O2/c17-11-15(19)12-20-18-16(13-7-3-1-4-8-13)14-9-5-2-6-10-14/h1-10,15,19H,11-12,17H2. The smallest absolute Gasteiger partial charge is 0.144 e. The Morgan fingerprint density at radius 2 is 1.50 bits per heavy atom. The molecule has 2 rings (SSSR count). The van der Waals surface area contributed by atoms with E-state index in [-0.39, 0.29) is 13.2 Å². The molecule has 0 fully saturated rings. The third-order valence-corrected chi connectivity index (χ3v) is 2.79. The fraction of sp³-hybridized carbons (Fsp3) is 0.188. The molecule has 0 amide bonds. The maximum atomic E-state index is 9.39. The second-order valence-corrected chi connectivity index (χ2v) is 4.36. The Bertz CT molecular complexity index is 499. The Labute approximate surface area is 118 Å². The van der Waals surface area contributed by atoms with E-state index in [1.165, 1.54) is 0 Å². The van der Waals surface area contributed by atoms with Gasteiger partial charge in [0, 0.05) is 17.7 Å². The highest BCUT2D eigenvalue weighted by Crippen LogP contribution is 2.11. The van der Waals surface area contributed by atoms with Gasteiger partial charge in [0.25, 0.3) is 0 Å². The van der Waals surface area contributed by atoms with Gasteiger partial charge in [0.05, 0.1) is 0 Å². The highest BCUT2D eigenvalue weighted by Gasteiger charge is 2.08. The predicted octanol–water partition coefficient (Wildman–Crippen LogP) is 1.78. The largest absolute Gasteiger partial charge is 0.392 e. The molecule has 0 bridgehead atoms. The van der Waals surface area contributed by atoms with Crippen LogP contribution < -0.4 is 5.73 Å². The Morgan fingerprint density at radius 3 is 1.95 bits per heavy atom. The minimum absolute atomic E-state index is 0.0830. The van der Waals surface area contributed by atoms with Crippen LogP contribution in [0.4, 0.5) is 0 Å². The van der Waals surface area contributed by atoms with E-state index in [4.69, 9.17) is 10.6 Å². The minimum atomic E-state index is -0.702. The highest BCUT2D eigenvalue weighted by molar-refractivity contribution is 6.12. The summed E-state index contributed by atoms with van der Waals surface area (Å²) in [5.41, 5.74) is 7.98. The van der Waals surface area contributed by atoms with Crippen LogP contribution in [0.15, 0.2) is 65.8 Å². The molecule has 2 aromatic rings. The van der Waals surface area contributed by atoms with Crippen LogP contribution in [0.2, 0.25) is 0 Å². The first-order chi connectivity index (χ1) is 9.81. The average Bonchev–Trinajstić information content (AvgIpc) is 2.53. The molecule has 1 atom stereocenters. The maximum Gasteiger partial charge on any atom is 0.144 e. The lowest BCUT2D eigenvalue weighted by Crippen LogP contribution is -2.24. The topological polar surface area (TPSA) is 67.8 Å². The first-order valence-electron chi connectivity index (χ1n) is 6.50. The molecular formula is C16H18N2O2. The normalized spacial score (nSPS) is 11.7. The van der Waals surface area contributed by atoms with Crippen molar-refractivity contribution in [3.8, 4) is 0 Å². The van der Waals surface area contributed by atoms with Crippen LogP contribution in [0.1, 0.15) is 11.1 Å². The van der Waals surface area contributed by atoms with Crippen molar-refractivity contribution in [1.29, 1.82) is 0 Å². The number of aliphatic hydroxyl groups is 1. The highest BCUT2D eigenvalue weighted by atomic mass is 16.6. The van der Waals surface area contributed by atoms with Crippen LogP contribution in [-0.2, 0) is 4.84 Å². The molecule has 104 valence electrons. The van der Waals surface area contributed by atoms with Gasteiger partial charge in [-0.1, -0.05) is 65.8 Å². The lowest BCUT2D eigenvalue weighted by molar-refractivity contribution is 0.0450. The summed E-state index contributed by atoms with van der Waals surface area (Å²) in [4.78, 5) is 5.22. The summed E-state index contributed by atoms with van der Waals surface area (Å²) >= 11 is 0. The summed E-state index contributed by atoms with van der Waals surface area (Å²) in [6.07, 6.45) is -0.702.